The van der Waals surface area contributed by atoms with Gasteiger partial charge >= 0.3 is 0 Å². The van der Waals surface area contributed by atoms with Crippen LogP contribution in [-0.4, -0.2) is 29.1 Å². The molecule has 1 heterocycles. The normalized spacial score (nSPS) is 28.9. The molecule has 0 spiro atoms. The van der Waals surface area contributed by atoms with Crippen LogP contribution in [0.3, 0.4) is 0 Å². The summed E-state index contributed by atoms with van der Waals surface area (Å²) in [5.41, 5.74) is 0.275. The van der Waals surface area contributed by atoms with Gasteiger partial charge in [-0.05, 0) is 50.2 Å². The van der Waals surface area contributed by atoms with Crippen molar-refractivity contribution in [2.45, 2.75) is 51.5 Å². The Hall–Kier alpha value is -0.180. The van der Waals surface area contributed by atoms with Gasteiger partial charge in [0.2, 0.25) is 5.91 Å². The maximum Gasteiger partial charge on any atom is 0.223 e. The number of carbonyl (C=O) groups excluding carboxylic acids is 1. The van der Waals surface area contributed by atoms with Crippen molar-refractivity contribution in [1.82, 2.24) is 4.90 Å². The van der Waals surface area contributed by atoms with Crippen molar-refractivity contribution in [3.8, 4) is 0 Å². The number of thiol groups is 1. The van der Waals surface area contributed by atoms with Gasteiger partial charge in [-0.2, -0.15) is 12.6 Å². The lowest BCUT2D eigenvalue weighted by Gasteiger charge is -2.34. The van der Waals surface area contributed by atoms with Crippen molar-refractivity contribution >= 4 is 18.5 Å². The highest BCUT2D eigenvalue weighted by molar-refractivity contribution is 7.80. The summed E-state index contributed by atoms with van der Waals surface area (Å²) in [6.45, 7) is 3.15. The van der Waals surface area contributed by atoms with Crippen LogP contribution in [0.1, 0.15) is 45.4 Å². The zero-order valence-corrected chi connectivity index (χ0v) is 10.4. The monoisotopic (exact) mass is 227 g/mol. The molecule has 1 amide bonds. The van der Waals surface area contributed by atoms with Crippen LogP contribution in [-0.2, 0) is 4.79 Å². The fraction of sp³-hybridized carbons (Fsp3) is 0.917. The van der Waals surface area contributed by atoms with E-state index in [0.29, 0.717) is 11.9 Å². The predicted molar refractivity (Wildman–Crippen MR) is 65.2 cm³/mol. The standard InChI is InChI=1S/C12H21NOS/c1-10-4-2-3-7-13(10)11(14)8-12(9-15)5-6-12/h10,15H,2-9H2,1H3. The van der Waals surface area contributed by atoms with Gasteiger partial charge in [0.05, 0.1) is 0 Å². The molecule has 1 saturated carbocycles. The molecule has 2 nitrogen and oxygen atoms in total. The fourth-order valence-electron chi connectivity index (χ4n) is 2.46. The van der Waals surface area contributed by atoms with E-state index < -0.39 is 0 Å². The molecular weight excluding hydrogens is 206 g/mol. The third-order valence-electron chi connectivity index (χ3n) is 3.94. The molecule has 0 bridgehead atoms. The summed E-state index contributed by atoms with van der Waals surface area (Å²) in [7, 11) is 0. The molecule has 2 rings (SSSR count). The third-order valence-corrected chi connectivity index (χ3v) is 4.61. The molecule has 0 radical (unpaired) electrons. The topological polar surface area (TPSA) is 20.3 Å². The summed E-state index contributed by atoms with van der Waals surface area (Å²) >= 11 is 4.35. The van der Waals surface area contributed by atoms with Gasteiger partial charge in [-0.1, -0.05) is 0 Å². The van der Waals surface area contributed by atoms with E-state index in [2.05, 4.69) is 24.5 Å². The van der Waals surface area contributed by atoms with Crippen molar-refractivity contribution in [3.63, 3.8) is 0 Å². The van der Waals surface area contributed by atoms with Crippen LogP contribution in [0.25, 0.3) is 0 Å². The Balaban J connectivity index is 1.89. The molecule has 1 aliphatic carbocycles. The average Bonchev–Trinajstić information content (AvgIpc) is 2.99. The Morgan fingerprint density at radius 1 is 1.47 bits per heavy atom. The Kier molecular flexibility index (Phi) is 3.29. The second kappa shape index (κ2) is 4.36. The summed E-state index contributed by atoms with van der Waals surface area (Å²) in [6, 6.07) is 0.460. The number of carbonyl (C=O) groups is 1. The molecule has 0 aromatic rings. The van der Waals surface area contributed by atoms with Gasteiger partial charge in [0.25, 0.3) is 0 Å². The lowest BCUT2D eigenvalue weighted by Crippen LogP contribution is -2.43. The minimum Gasteiger partial charge on any atom is -0.340 e. The van der Waals surface area contributed by atoms with E-state index in [9.17, 15) is 4.79 Å². The molecule has 1 unspecified atom stereocenters. The Bertz CT molecular complexity index is 250. The summed E-state index contributed by atoms with van der Waals surface area (Å²) in [6.07, 6.45) is 6.78. The van der Waals surface area contributed by atoms with Crippen molar-refractivity contribution in [2.75, 3.05) is 12.3 Å². The van der Waals surface area contributed by atoms with Gasteiger partial charge in [0.15, 0.2) is 0 Å². The maximum absolute atomic E-state index is 12.1. The minimum atomic E-state index is 0.275. The molecule has 0 N–H and O–H groups in total. The molecule has 1 aliphatic heterocycles. The van der Waals surface area contributed by atoms with E-state index in [0.717, 1.165) is 18.7 Å². The van der Waals surface area contributed by atoms with E-state index >= 15 is 0 Å². The molecule has 2 aliphatic rings. The molecule has 0 aromatic carbocycles. The first-order valence-electron chi connectivity index (χ1n) is 6.07. The summed E-state index contributed by atoms with van der Waals surface area (Å²) in [5, 5.41) is 0. The molecule has 1 atom stereocenters. The van der Waals surface area contributed by atoms with Crippen LogP contribution < -0.4 is 0 Å². The smallest absolute Gasteiger partial charge is 0.223 e. The van der Waals surface area contributed by atoms with Gasteiger partial charge < -0.3 is 4.90 Å². The van der Waals surface area contributed by atoms with E-state index in [4.69, 9.17) is 0 Å². The molecule has 86 valence electrons. The van der Waals surface area contributed by atoms with Gasteiger partial charge in [-0.3, -0.25) is 4.79 Å². The second-order valence-corrected chi connectivity index (χ2v) is 5.58. The number of hydrogen-bond acceptors (Lipinski definition) is 2. The van der Waals surface area contributed by atoms with Gasteiger partial charge in [0, 0.05) is 19.0 Å². The highest BCUT2D eigenvalue weighted by Gasteiger charge is 2.44. The van der Waals surface area contributed by atoms with E-state index in [-0.39, 0.29) is 5.41 Å². The average molecular weight is 227 g/mol. The number of amides is 1. The van der Waals surface area contributed by atoms with Gasteiger partial charge in [-0.25, -0.2) is 0 Å². The highest BCUT2D eigenvalue weighted by atomic mass is 32.1. The largest absolute Gasteiger partial charge is 0.340 e. The lowest BCUT2D eigenvalue weighted by molar-refractivity contribution is -0.135. The minimum absolute atomic E-state index is 0.275. The van der Waals surface area contributed by atoms with Gasteiger partial charge in [0.1, 0.15) is 0 Å². The van der Waals surface area contributed by atoms with Gasteiger partial charge in [-0.15, -0.1) is 0 Å². The number of rotatable bonds is 3. The lowest BCUT2D eigenvalue weighted by atomic mass is 9.99. The van der Waals surface area contributed by atoms with Crippen LogP contribution in [0.15, 0.2) is 0 Å². The molecule has 0 aromatic heterocycles. The van der Waals surface area contributed by atoms with Crippen molar-refractivity contribution < 1.29 is 4.79 Å². The first-order valence-corrected chi connectivity index (χ1v) is 6.70. The zero-order valence-electron chi connectivity index (χ0n) is 9.54. The third kappa shape index (κ3) is 2.49. The van der Waals surface area contributed by atoms with Crippen LogP contribution >= 0.6 is 12.6 Å². The van der Waals surface area contributed by atoms with Crippen LogP contribution in [0, 0.1) is 5.41 Å². The first kappa shape index (κ1) is 11.3. The van der Waals surface area contributed by atoms with Crippen molar-refractivity contribution in [2.24, 2.45) is 5.41 Å². The number of piperidine rings is 1. The van der Waals surface area contributed by atoms with E-state index in [1.54, 1.807) is 0 Å². The number of hydrogen-bond donors (Lipinski definition) is 1. The Morgan fingerprint density at radius 2 is 2.20 bits per heavy atom. The summed E-state index contributed by atoms with van der Waals surface area (Å²) in [4.78, 5) is 14.2. The molecule has 3 heteroatoms. The second-order valence-electron chi connectivity index (χ2n) is 5.27. The van der Waals surface area contributed by atoms with Crippen molar-refractivity contribution in [3.05, 3.63) is 0 Å². The number of nitrogens with zero attached hydrogens (tertiary/aromatic N) is 1. The first-order chi connectivity index (χ1) is 7.17. The maximum atomic E-state index is 12.1. The Labute approximate surface area is 97.8 Å². The quantitative estimate of drug-likeness (QED) is 0.735. The Morgan fingerprint density at radius 3 is 2.73 bits per heavy atom. The van der Waals surface area contributed by atoms with Crippen LogP contribution in [0.4, 0.5) is 0 Å². The molecule has 1 saturated heterocycles. The molecule has 15 heavy (non-hydrogen) atoms. The molecular formula is C12H21NOS. The zero-order chi connectivity index (χ0) is 10.9. The molecule has 2 fully saturated rings. The van der Waals surface area contributed by atoms with Crippen LogP contribution in [0.2, 0.25) is 0 Å². The van der Waals surface area contributed by atoms with E-state index in [1.165, 1.54) is 32.1 Å². The van der Waals surface area contributed by atoms with Crippen LogP contribution in [0.5, 0.6) is 0 Å². The fourth-order valence-corrected chi connectivity index (χ4v) is 2.89. The number of likely N-dealkylation sites (tertiary alicyclic amines) is 1. The summed E-state index contributed by atoms with van der Waals surface area (Å²) in [5.74, 6) is 1.25. The predicted octanol–water partition coefficient (Wildman–Crippen LogP) is 2.49. The summed E-state index contributed by atoms with van der Waals surface area (Å²) < 4.78 is 0. The van der Waals surface area contributed by atoms with Crippen molar-refractivity contribution in [1.29, 1.82) is 0 Å². The van der Waals surface area contributed by atoms with E-state index in [1.807, 2.05) is 0 Å². The SMILES string of the molecule is CC1CCCCN1C(=O)CC1(CS)CC1. The highest BCUT2D eigenvalue weighted by Crippen LogP contribution is 2.50.